The van der Waals surface area contributed by atoms with Crippen LogP contribution in [0.5, 0.6) is 0 Å². The molecule has 0 radical (unpaired) electrons. The summed E-state index contributed by atoms with van der Waals surface area (Å²) in [5, 5.41) is 0. The summed E-state index contributed by atoms with van der Waals surface area (Å²) < 4.78 is 0.899. The van der Waals surface area contributed by atoms with Gasteiger partial charge in [0.2, 0.25) is 0 Å². The van der Waals surface area contributed by atoms with Crippen LogP contribution >= 0.6 is 11.8 Å². The highest BCUT2D eigenvalue weighted by Gasteiger charge is 2.34. The van der Waals surface area contributed by atoms with Gasteiger partial charge in [0.15, 0.2) is 0 Å². The molecule has 0 aromatic heterocycles. The highest BCUT2D eigenvalue weighted by Crippen LogP contribution is 2.45. The summed E-state index contributed by atoms with van der Waals surface area (Å²) in [6, 6.07) is 32.6. The van der Waals surface area contributed by atoms with Crippen LogP contribution in [-0.4, -0.2) is 50.0 Å². The lowest BCUT2D eigenvalue weighted by atomic mass is 9.87. The third-order valence-corrected chi connectivity index (χ3v) is 8.13. The minimum Gasteiger partial charge on any atom is -1.00 e. The van der Waals surface area contributed by atoms with E-state index >= 15 is 0 Å². The molecule has 0 unspecified atom stereocenters. The highest BCUT2D eigenvalue weighted by atomic mass is 127. The minimum absolute atomic E-state index is 0. The predicted molar refractivity (Wildman–Crippen MR) is 144 cm³/mol. The number of hydrogen-bond acceptors (Lipinski definition) is 2. The zero-order chi connectivity index (χ0) is 23.0. The fraction of sp³-hybridized carbons (Fsp3) is 0.333. The molecule has 178 valence electrons. The van der Waals surface area contributed by atoms with Gasteiger partial charge < -0.3 is 33.4 Å². The van der Waals surface area contributed by atoms with Crippen molar-refractivity contribution >= 4 is 17.4 Å². The summed E-state index contributed by atoms with van der Waals surface area (Å²) in [6.07, 6.45) is 0.829. The summed E-state index contributed by atoms with van der Waals surface area (Å²) in [4.78, 5) is 2.50. The van der Waals surface area contributed by atoms with Gasteiger partial charge in [-0.2, -0.15) is 0 Å². The fourth-order valence-corrected chi connectivity index (χ4v) is 5.96. The molecule has 4 heteroatoms. The van der Waals surface area contributed by atoms with Crippen LogP contribution in [0.25, 0.3) is 0 Å². The molecule has 1 aliphatic rings. The van der Waals surface area contributed by atoms with Gasteiger partial charge in [-0.25, -0.2) is 0 Å². The number of benzene rings is 3. The Bertz CT molecular complexity index is 1010. The first-order valence-electron chi connectivity index (χ1n) is 12.0. The van der Waals surface area contributed by atoms with Crippen LogP contribution in [0.3, 0.4) is 0 Å². The first-order chi connectivity index (χ1) is 16.2. The van der Waals surface area contributed by atoms with E-state index in [0.29, 0.717) is 0 Å². The van der Waals surface area contributed by atoms with Crippen LogP contribution < -0.4 is 28.9 Å². The average Bonchev–Trinajstić information content (AvgIpc) is 2.88. The summed E-state index contributed by atoms with van der Waals surface area (Å²) in [5.41, 5.74) is 4.02. The molecule has 1 aliphatic heterocycles. The van der Waals surface area contributed by atoms with Gasteiger partial charge in [0.05, 0.1) is 38.0 Å². The van der Waals surface area contributed by atoms with Crippen molar-refractivity contribution in [1.29, 1.82) is 0 Å². The molecule has 3 aromatic rings. The molecule has 0 spiro atoms. The van der Waals surface area contributed by atoms with Crippen molar-refractivity contribution in [2.24, 2.45) is 0 Å². The number of hydrogen-bond donors (Lipinski definition) is 0. The van der Waals surface area contributed by atoms with E-state index in [1.165, 1.54) is 16.8 Å². The molecule has 3 aromatic carbocycles. The Labute approximate surface area is 227 Å². The molecule has 1 heterocycles. The van der Waals surface area contributed by atoms with Gasteiger partial charge in [0.25, 0.3) is 0 Å². The maximum atomic E-state index is 3.62. The third-order valence-electron chi connectivity index (χ3n) is 6.73. The second-order valence-electron chi connectivity index (χ2n) is 9.07. The number of thioether (sulfide) groups is 1. The van der Waals surface area contributed by atoms with E-state index in [4.69, 9.17) is 0 Å². The third kappa shape index (κ3) is 6.38. The molecule has 0 N–H and O–H groups in total. The van der Waals surface area contributed by atoms with E-state index in [0.717, 1.165) is 49.4 Å². The number of rotatable bonds is 7. The van der Waals surface area contributed by atoms with Crippen LogP contribution in [0.1, 0.15) is 24.5 Å². The SMILES string of the molecule is CCSC(CC#CC[N+]1(C)CCN(c2ccccc2)CC1)(c1ccccc1)c1ccccc1.[I-]. The summed E-state index contributed by atoms with van der Waals surface area (Å²) in [7, 11) is 2.36. The van der Waals surface area contributed by atoms with Crippen LogP contribution in [0, 0.1) is 11.8 Å². The van der Waals surface area contributed by atoms with Crippen molar-refractivity contribution in [3.63, 3.8) is 0 Å². The van der Waals surface area contributed by atoms with Crippen molar-refractivity contribution in [2.75, 3.05) is 50.4 Å². The monoisotopic (exact) mass is 582 g/mol. The maximum absolute atomic E-state index is 3.62. The van der Waals surface area contributed by atoms with Crippen molar-refractivity contribution in [3.05, 3.63) is 102 Å². The van der Waals surface area contributed by atoms with Crippen LogP contribution in [0.15, 0.2) is 91.0 Å². The summed E-state index contributed by atoms with van der Waals surface area (Å²) in [5.74, 6) is 8.27. The maximum Gasteiger partial charge on any atom is 0.140 e. The van der Waals surface area contributed by atoms with Gasteiger partial charge in [-0.15, -0.1) is 11.8 Å². The number of para-hydroxylation sites is 1. The van der Waals surface area contributed by atoms with Crippen molar-refractivity contribution in [3.8, 4) is 11.8 Å². The number of likely N-dealkylation sites (N-methyl/N-ethyl adjacent to an activating group) is 1. The lowest BCUT2D eigenvalue weighted by Gasteiger charge is -2.41. The van der Waals surface area contributed by atoms with Crippen LogP contribution in [0.4, 0.5) is 5.69 Å². The Hall–Kier alpha value is -1.94. The number of nitrogens with zero attached hydrogens (tertiary/aromatic N) is 2. The van der Waals surface area contributed by atoms with E-state index in [9.17, 15) is 0 Å². The van der Waals surface area contributed by atoms with Gasteiger partial charge in [-0.3, -0.25) is 0 Å². The Morgan fingerprint density at radius 3 is 1.79 bits per heavy atom. The molecule has 0 atom stereocenters. The van der Waals surface area contributed by atoms with Crippen LogP contribution in [-0.2, 0) is 4.75 Å². The Morgan fingerprint density at radius 2 is 1.29 bits per heavy atom. The summed E-state index contributed by atoms with van der Waals surface area (Å²) >= 11 is 2.00. The number of piperazine rings is 1. The second kappa shape index (κ2) is 12.7. The largest absolute Gasteiger partial charge is 1.00 e. The molecule has 0 amide bonds. The van der Waals surface area contributed by atoms with Gasteiger partial charge in [0.1, 0.15) is 6.54 Å². The highest BCUT2D eigenvalue weighted by molar-refractivity contribution is 8.00. The lowest BCUT2D eigenvalue weighted by molar-refractivity contribution is -0.903. The number of anilines is 1. The van der Waals surface area contributed by atoms with Gasteiger partial charge in [0, 0.05) is 12.1 Å². The van der Waals surface area contributed by atoms with Gasteiger partial charge in [-0.05, 0) is 34.9 Å². The van der Waals surface area contributed by atoms with E-state index < -0.39 is 0 Å². The molecule has 34 heavy (non-hydrogen) atoms. The topological polar surface area (TPSA) is 3.24 Å². The first-order valence-corrected chi connectivity index (χ1v) is 13.0. The predicted octanol–water partition coefficient (Wildman–Crippen LogP) is 3.05. The number of halogens is 1. The zero-order valence-electron chi connectivity index (χ0n) is 20.3. The van der Waals surface area contributed by atoms with Gasteiger partial charge in [-0.1, -0.05) is 91.7 Å². The van der Waals surface area contributed by atoms with Crippen molar-refractivity contribution < 1.29 is 28.5 Å². The minimum atomic E-state index is -0.130. The van der Waals surface area contributed by atoms with Crippen LogP contribution in [0.2, 0.25) is 0 Å². The zero-order valence-corrected chi connectivity index (χ0v) is 23.3. The fourth-order valence-electron chi connectivity index (χ4n) is 4.69. The Kier molecular flexibility index (Phi) is 9.94. The van der Waals surface area contributed by atoms with E-state index in [1.807, 2.05) is 11.8 Å². The average molecular weight is 583 g/mol. The standard InChI is InChI=1S/C30H35N2S.HI/c1-3-33-30(27-15-7-4-8-16-27,28-17-9-5-10-18-28)21-13-14-24-32(2)25-22-31(23-26-32)29-19-11-6-12-20-29;/h4-12,15-20H,3,21-26H2,1-2H3;1H/q+1;/p-1. The lowest BCUT2D eigenvalue weighted by Crippen LogP contribution is -3.00. The molecule has 1 saturated heterocycles. The molecule has 0 aliphatic carbocycles. The normalized spacial score (nSPS) is 15.1. The van der Waals surface area contributed by atoms with E-state index in [2.05, 4.69) is 122 Å². The molecule has 4 rings (SSSR count). The molecular formula is C30H35IN2S. The summed E-state index contributed by atoms with van der Waals surface area (Å²) in [6.45, 7) is 7.61. The second-order valence-corrected chi connectivity index (χ2v) is 10.6. The smallest absolute Gasteiger partial charge is 0.140 e. The van der Waals surface area contributed by atoms with Crippen molar-refractivity contribution in [1.82, 2.24) is 0 Å². The first kappa shape index (κ1) is 26.7. The molecule has 0 bridgehead atoms. The molecule has 0 saturated carbocycles. The van der Waals surface area contributed by atoms with E-state index in [-0.39, 0.29) is 28.7 Å². The molecular weight excluding hydrogens is 547 g/mol. The Balaban J connectivity index is 0.00000324. The number of quaternary nitrogens is 1. The van der Waals surface area contributed by atoms with E-state index in [1.54, 1.807) is 0 Å². The molecule has 2 nitrogen and oxygen atoms in total. The van der Waals surface area contributed by atoms with Gasteiger partial charge >= 0.3 is 0 Å². The quantitative estimate of drug-likeness (QED) is 0.240. The Morgan fingerprint density at radius 1 is 0.794 bits per heavy atom. The molecule has 1 fully saturated rings. The van der Waals surface area contributed by atoms with Crippen molar-refractivity contribution in [2.45, 2.75) is 18.1 Å².